The van der Waals surface area contributed by atoms with Crippen LogP contribution < -0.4 is 0 Å². The molecule has 1 aromatic carbocycles. The van der Waals surface area contributed by atoms with Gasteiger partial charge in [-0.15, -0.1) is 0 Å². The second-order valence-electron chi connectivity index (χ2n) is 11.3. The van der Waals surface area contributed by atoms with Gasteiger partial charge in [-0.05, 0) is 78.0 Å². The number of aromatic amines is 1. The standard InChI is InChI=1S/C33H46N2O8/c1-6-25-22(27-21-15-11-12-16-24(21)34-28(27)26-17-13-14-18-35(25)26)19-33(31(38)42-9-4,32(39)43-10-5)20-23(29(36)40-7-2)30(37)41-8-3/h11-12,15-16,22-23,25-26,34H,6-10,13-14,17-20H2,1-5H3. The van der Waals surface area contributed by atoms with E-state index in [0.29, 0.717) is 0 Å². The van der Waals surface area contributed by atoms with Crippen LogP contribution in [0.1, 0.15) is 96.4 Å². The Hall–Kier alpha value is -3.40. The number of nitrogens with one attached hydrogen (secondary N) is 1. The van der Waals surface area contributed by atoms with Crippen molar-refractivity contribution in [1.82, 2.24) is 9.88 Å². The first-order valence-corrected chi connectivity index (χ1v) is 15.8. The summed E-state index contributed by atoms with van der Waals surface area (Å²) in [6, 6.07) is 8.29. The number of rotatable bonds is 13. The van der Waals surface area contributed by atoms with E-state index >= 15 is 0 Å². The smallest absolute Gasteiger partial charge is 0.323 e. The lowest BCUT2D eigenvalue weighted by molar-refractivity contribution is -0.178. The van der Waals surface area contributed by atoms with Gasteiger partial charge in [-0.1, -0.05) is 31.5 Å². The van der Waals surface area contributed by atoms with Gasteiger partial charge in [0.15, 0.2) is 11.3 Å². The summed E-state index contributed by atoms with van der Waals surface area (Å²) in [5, 5.41) is 1.04. The fourth-order valence-corrected chi connectivity index (χ4v) is 7.20. The summed E-state index contributed by atoms with van der Waals surface area (Å²) < 4.78 is 21.6. The number of piperidine rings is 1. The summed E-state index contributed by atoms with van der Waals surface area (Å²) in [4.78, 5) is 60.7. The summed E-state index contributed by atoms with van der Waals surface area (Å²) in [7, 11) is 0. The Morgan fingerprint density at radius 3 is 2.07 bits per heavy atom. The van der Waals surface area contributed by atoms with Crippen LogP contribution in [0.25, 0.3) is 10.9 Å². The van der Waals surface area contributed by atoms with Crippen molar-refractivity contribution in [3.8, 4) is 0 Å². The lowest BCUT2D eigenvalue weighted by Gasteiger charge is -2.50. The van der Waals surface area contributed by atoms with Gasteiger partial charge in [-0.2, -0.15) is 0 Å². The number of hydrogen-bond acceptors (Lipinski definition) is 9. The van der Waals surface area contributed by atoms with Crippen LogP contribution in [0.4, 0.5) is 0 Å². The maximum Gasteiger partial charge on any atom is 0.323 e. The van der Waals surface area contributed by atoms with Crippen molar-refractivity contribution in [3.63, 3.8) is 0 Å². The number of carbonyl (C=O) groups is 4. The summed E-state index contributed by atoms with van der Waals surface area (Å²) in [6.45, 7) is 9.67. The second kappa shape index (κ2) is 14.4. The fourth-order valence-electron chi connectivity index (χ4n) is 7.20. The Labute approximate surface area is 253 Å². The zero-order chi connectivity index (χ0) is 31.1. The Kier molecular flexibility index (Phi) is 10.9. The van der Waals surface area contributed by atoms with E-state index in [4.69, 9.17) is 18.9 Å². The highest BCUT2D eigenvalue weighted by atomic mass is 16.6. The van der Waals surface area contributed by atoms with Crippen molar-refractivity contribution in [2.45, 2.75) is 91.1 Å². The third kappa shape index (κ3) is 6.30. The number of esters is 4. The van der Waals surface area contributed by atoms with Crippen LogP contribution in [0, 0.1) is 11.3 Å². The normalized spacial score (nSPS) is 20.3. The van der Waals surface area contributed by atoms with Gasteiger partial charge >= 0.3 is 23.9 Å². The van der Waals surface area contributed by atoms with Crippen LogP contribution in [0.15, 0.2) is 24.3 Å². The van der Waals surface area contributed by atoms with Gasteiger partial charge in [0.05, 0.1) is 32.5 Å². The quantitative estimate of drug-likeness (QED) is 0.188. The average molecular weight is 599 g/mol. The first-order chi connectivity index (χ1) is 20.8. The molecule has 43 heavy (non-hydrogen) atoms. The number of carbonyl (C=O) groups excluding carboxylic acids is 4. The molecule has 0 spiro atoms. The zero-order valence-electron chi connectivity index (χ0n) is 26.1. The molecular formula is C33H46N2O8. The van der Waals surface area contributed by atoms with E-state index in [1.54, 1.807) is 27.7 Å². The number of para-hydroxylation sites is 1. The number of aromatic nitrogens is 1. The molecule has 0 amide bonds. The molecule has 1 aromatic heterocycles. The van der Waals surface area contributed by atoms with Crippen molar-refractivity contribution in [2.75, 3.05) is 33.0 Å². The second-order valence-corrected chi connectivity index (χ2v) is 11.3. The first kappa shape index (κ1) is 32.5. The number of nitrogens with zero attached hydrogens (tertiary/aromatic N) is 1. The molecule has 10 nitrogen and oxygen atoms in total. The molecule has 0 bridgehead atoms. The minimum absolute atomic E-state index is 0.00342. The van der Waals surface area contributed by atoms with Gasteiger partial charge in [-0.25, -0.2) is 0 Å². The minimum atomic E-state index is -1.97. The van der Waals surface area contributed by atoms with Crippen LogP contribution in [0.2, 0.25) is 0 Å². The molecular weight excluding hydrogens is 552 g/mol. The van der Waals surface area contributed by atoms with Crippen LogP contribution in [-0.4, -0.2) is 72.8 Å². The molecule has 0 radical (unpaired) electrons. The summed E-state index contributed by atoms with van der Waals surface area (Å²) in [5.41, 5.74) is 1.21. The van der Waals surface area contributed by atoms with E-state index in [0.717, 1.165) is 54.4 Å². The van der Waals surface area contributed by atoms with Crippen molar-refractivity contribution >= 4 is 34.8 Å². The highest BCUT2D eigenvalue weighted by Gasteiger charge is 2.57. The van der Waals surface area contributed by atoms with Crippen molar-refractivity contribution in [2.24, 2.45) is 11.3 Å². The monoisotopic (exact) mass is 598 g/mol. The molecule has 4 rings (SSSR count). The third-order valence-electron chi connectivity index (χ3n) is 8.93. The van der Waals surface area contributed by atoms with Crippen molar-refractivity contribution in [3.05, 3.63) is 35.5 Å². The van der Waals surface area contributed by atoms with E-state index in [1.807, 2.05) is 18.2 Å². The number of fused-ring (bicyclic) bond motifs is 5. The van der Waals surface area contributed by atoms with Crippen LogP contribution in [0.3, 0.4) is 0 Å². The molecule has 3 unspecified atom stereocenters. The number of hydrogen-bond donors (Lipinski definition) is 1. The molecule has 3 atom stereocenters. The molecule has 0 saturated carbocycles. The summed E-state index contributed by atoms with van der Waals surface area (Å²) in [5.74, 6) is -5.14. The predicted octanol–water partition coefficient (Wildman–Crippen LogP) is 5.21. The zero-order valence-corrected chi connectivity index (χ0v) is 26.1. The molecule has 3 heterocycles. The molecule has 0 aliphatic carbocycles. The minimum Gasteiger partial charge on any atom is -0.465 e. The van der Waals surface area contributed by atoms with Crippen LogP contribution in [-0.2, 0) is 38.1 Å². The van der Waals surface area contributed by atoms with Gasteiger partial charge in [0.1, 0.15) is 0 Å². The van der Waals surface area contributed by atoms with Gasteiger partial charge in [0.2, 0.25) is 0 Å². The van der Waals surface area contributed by atoms with Gasteiger partial charge in [0, 0.05) is 28.6 Å². The highest BCUT2D eigenvalue weighted by molar-refractivity contribution is 6.03. The van der Waals surface area contributed by atoms with Gasteiger partial charge < -0.3 is 23.9 Å². The maximum atomic E-state index is 14.1. The molecule has 10 heteroatoms. The lowest BCUT2D eigenvalue weighted by atomic mass is 9.66. The van der Waals surface area contributed by atoms with E-state index in [1.165, 1.54) is 0 Å². The van der Waals surface area contributed by atoms with Gasteiger partial charge in [0.25, 0.3) is 0 Å². The number of benzene rings is 1. The van der Waals surface area contributed by atoms with E-state index < -0.39 is 41.6 Å². The topological polar surface area (TPSA) is 124 Å². The average Bonchev–Trinajstić information content (AvgIpc) is 3.39. The molecule has 2 aliphatic heterocycles. The Bertz CT molecular complexity index is 1270. The molecule has 2 aliphatic rings. The first-order valence-electron chi connectivity index (χ1n) is 15.8. The molecule has 236 valence electrons. The fraction of sp³-hybridized carbons (Fsp3) is 0.636. The van der Waals surface area contributed by atoms with E-state index in [9.17, 15) is 19.2 Å². The lowest BCUT2D eigenvalue weighted by Crippen LogP contribution is -2.52. The maximum absolute atomic E-state index is 14.1. The van der Waals surface area contributed by atoms with Crippen LogP contribution >= 0.6 is 0 Å². The Morgan fingerprint density at radius 2 is 1.49 bits per heavy atom. The summed E-state index contributed by atoms with van der Waals surface area (Å²) >= 11 is 0. The molecule has 1 saturated heterocycles. The van der Waals surface area contributed by atoms with Gasteiger partial charge in [-0.3, -0.25) is 24.1 Å². The van der Waals surface area contributed by atoms with Crippen LogP contribution in [0.5, 0.6) is 0 Å². The SMILES string of the molecule is CCOC(=O)C(CC(CC1c2c([nH]c3ccccc23)C2CCCCN2C1CC)(C(=O)OCC)C(=O)OCC)C(=O)OCC. The van der Waals surface area contributed by atoms with Crippen molar-refractivity contribution in [1.29, 1.82) is 0 Å². The third-order valence-corrected chi connectivity index (χ3v) is 8.93. The predicted molar refractivity (Wildman–Crippen MR) is 160 cm³/mol. The van der Waals surface area contributed by atoms with E-state index in [2.05, 4.69) is 22.9 Å². The summed E-state index contributed by atoms with van der Waals surface area (Å²) in [6.07, 6.45) is 3.49. The Morgan fingerprint density at radius 1 is 0.884 bits per heavy atom. The molecule has 2 aromatic rings. The largest absolute Gasteiger partial charge is 0.465 e. The molecule has 1 fully saturated rings. The van der Waals surface area contributed by atoms with Crippen molar-refractivity contribution < 1.29 is 38.1 Å². The highest BCUT2D eigenvalue weighted by Crippen LogP contribution is 2.52. The number of ether oxygens (including phenoxy) is 4. The van der Waals surface area contributed by atoms with E-state index in [-0.39, 0.29) is 50.8 Å². The molecule has 1 N–H and O–H groups in total. The number of H-pyrrole nitrogens is 1. The Balaban J connectivity index is 1.93.